The van der Waals surface area contributed by atoms with Crippen molar-refractivity contribution in [2.75, 3.05) is 0 Å². The van der Waals surface area contributed by atoms with Gasteiger partial charge in [-0.25, -0.2) is 9.59 Å². The molecule has 0 saturated heterocycles. The zero-order valence-electron chi connectivity index (χ0n) is 12.4. The number of nitro benzene ring substituents is 1. The molecule has 0 bridgehead atoms. The summed E-state index contributed by atoms with van der Waals surface area (Å²) in [6, 6.07) is 3.55. The standard InChI is InChI=1S/C14H17NO7/c1-14(2,3)22-13(19)9-5-4-8(7-11(16)12(17)18)10(6-9)15(20)21/h4-6,11,16H,7H2,1-3H3,(H,17,18). The molecule has 8 heteroatoms. The number of carbonyl (C=O) groups excluding carboxylic acids is 1. The molecule has 1 rings (SSSR count). The van der Waals surface area contributed by atoms with Gasteiger partial charge in [-0.1, -0.05) is 6.07 Å². The van der Waals surface area contributed by atoms with Crippen LogP contribution in [0.5, 0.6) is 0 Å². The number of nitro groups is 1. The number of nitrogens with zero attached hydrogens (tertiary/aromatic N) is 1. The lowest BCUT2D eigenvalue weighted by Gasteiger charge is -2.19. The van der Waals surface area contributed by atoms with Crippen LogP contribution in [0.4, 0.5) is 5.69 Å². The topological polar surface area (TPSA) is 127 Å². The SMILES string of the molecule is CC(C)(C)OC(=O)c1ccc(CC(O)C(=O)O)c([N+](=O)[O-])c1. The first-order valence-corrected chi connectivity index (χ1v) is 6.43. The van der Waals surface area contributed by atoms with Crippen LogP contribution in [-0.4, -0.2) is 38.8 Å². The first kappa shape index (κ1) is 17.6. The van der Waals surface area contributed by atoms with E-state index in [0.29, 0.717) is 0 Å². The van der Waals surface area contributed by atoms with E-state index in [1.54, 1.807) is 20.8 Å². The minimum Gasteiger partial charge on any atom is -0.479 e. The molecule has 22 heavy (non-hydrogen) atoms. The normalized spacial score (nSPS) is 12.5. The van der Waals surface area contributed by atoms with Crippen LogP contribution in [0.1, 0.15) is 36.7 Å². The predicted molar refractivity (Wildman–Crippen MR) is 75.6 cm³/mol. The number of esters is 1. The highest BCUT2D eigenvalue weighted by atomic mass is 16.6. The van der Waals surface area contributed by atoms with Crippen LogP contribution in [0.2, 0.25) is 0 Å². The number of carbonyl (C=O) groups is 2. The van der Waals surface area contributed by atoms with E-state index in [2.05, 4.69) is 0 Å². The molecule has 0 amide bonds. The van der Waals surface area contributed by atoms with Crippen molar-refractivity contribution in [3.63, 3.8) is 0 Å². The van der Waals surface area contributed by atoms with Crippen LogP contribution in [0.25, 0.3) is 0 Å². The molecule has 1 unspecified atom stereocenters. The van der Waals surface area contributed by atoms with Crippen molar-refractivity contribution in [1.82, 2.24) is 0 Å². The molecule has 8 nitrogen and oxygen atoms in total. The minimum atomic E-state index is -1.76. The van der Waals surface area contributed by atoms with Crippen LogP contribution in [0, 0.1) is 10.1 Å². The molecular formula is C14H17NO7. The van der Waals surface area contributed by atoms with Crippen LogP contribution in [-0.2, 0) is 16.0 Å². The highest BCUT2D eigenvalue weighted by Gasteiger charge is 2.24. The Morgan fingerprint density at radius 2 is 1.95 bits per heavy atom. The van der Waals surface area contributed by atoms with Crippen molar-refractivity contribution in [2.45, 2.75) is 38.9 Å². The summed E-state index contributed by atoms with van der Waals surface area (Å²) in [4.78, 5) is 32.8. The van der Waals surface area contributed by atoms with Crippen molar-refractivity contribution in [1.29, 1.82) is 0 Å². The molecule has 0 saturated carbocycles. The molecule has 0 radical (unpaired) electrons. The highest BCUT2D eigenvalue weighted by Crippen LogP contribution is 2.23. The molecule has 120 valence electrons. The van der Waals surface area contributed by atoms with Crippen LogP contribution in [0.15, 0.2) is 18.2 Å². The molecule has 0 aliphatic rings. The largest absolute Gasteiger partial charge is 0.479 e. The Morgan fingerprint density at radius 1 is 1.36 bits per heavy atom. The molecular weight excluding hydrogens is 294 g/mol. The quantitative estimate of drug-likeness (QED) is 0.479. The summed E-state index contributed by atoms with van der Waals surface area (Å²) in [5, 5.41) is 29.0. The van der Waals surface area contributed by atoms with Crippen molar-refractivity contribution >= 4 is 17.6 Å². The van der Waals surface area contributed by atoms with Gasteiger partial charge in [-0.3, -0.25) is 10.1 Å². The fourth-order valence-corrected chi connectivity index (χ4v) is 1.67. The maximum absolute atomic E-state index is 11.9. The molecule has 0 aliphatic carbocycles. The smallest absolute Gasteiger partial charge is 0.338 e. The lowest BCUT2D eigenvalue weighted by atomic mass is 10.0. The first-order chi connectivity index (χ1) is 10.0. The van der Waals surface area contributed by atoms with Gasteiger partial charge in [0.15, 0.2) is 6.10 Å². The monoisotopic (exact) mass is 311 g/mol. The van der Waals surface area contributed by atoms with E-state index in [0.717, 1.165) is 6.07 Å². The zero-order valence-corrected chi connectivity index (χ0v) is 12.4. The Balaban J connectivity index is 3.12. The summed E-state index contributed by atoms with van der Waals surface area (Å²) < 4.78 is 5.11. The maximum Gasteiger partial charge on any atom is 0.338 e. The number of hydrogen-bond donors (Lipinski definition) is 2. The number of ether oxygens (including phenoxy) is 1. The number of aliphatic hydroxyl groups excluding tert-OH is 1. The third-order valence-electron chi connectivity index (χ3n) is 2.61. The number of aliphatic hydroxyl groups is 1. The van der Waals surface area contributed by atoms with Gasteiger partial charge in [-0.15, -0.1) is 0 Å². The second kappa shape index (κ2) is 6.52. The summed E-state index contributed by atoms with van der Waals surface area (Å²) in [7, 11) is 0. The summed E-state index contributed by atoms with van der Waals surface area (Å²) in [5.41, 5.74) is -1.18. The lowest BCUT2D eigenvalue weighted by molar-refractivity contribution is -0.385. The number of benzene rings is 1. The molecule has 2 N–H and O–H groups in total. The molecule has 0 fully saturated rings. The first-order valence-electron chi connectivity index (χ1n) is 6.43. The predicted octanol–water partition coefficient (Wildman–Crippen LogP) is 1.54. The summed E-state index contributed by atoms with van der Waals surface area (Å²) in [6.07, 6.45) is -2.19. The Hall–Kier alpha value is -2.48. The number of rotatable bonds is 5. The van der Waals surface area contributed by atoms with Crippen LogP contribution >= 0.6 is 0 Å². The number of carboxylic acids is 1. The summed E-state index contributed by atoms with van der Waals surface area (Å²) in [6.45, 7) is 4.99. The third-order valence-corrected chi connectivity index (χ3v) is 2.61. The molecule has 0 aromatic heterocycles. The Labute approximate surface area is 126 Å². The number of carboxylic acid groups (broad SMARTS) is 1. The van der Waals surface area contributed by atoms with E-state index in [-0.39, 0.29) is 11.1 Å². The van der Waals surface area contributed by atoms with E-state index in [1.165, 1.54) is 12.1 Å². The molecule has 1 aromatic carbocycles. The fourth-order valence-electron chi connectivity index (χ4n) is 1.67. The highest BCUT2D eigenvalue weighted by molar-refractivity contribution is 5.90. The number of hydrogen-bond acceptors (Lipinski definition) is 6. The fraction of sp³-hybridized carbons (Fsp3) is 0.429. The van der Waals surface area contributed by atoms with Gasteiger partial charge >= 0.3 is 11.9 Å². The number of aliphatic carboxylic acids is 1. The molecule has 1 aromatic rings. The van der Waals surface area contributed by atoms with Crippen molar-refractivity contribution in [2.24, 2.45) is 0 Å². The average Bonchev–Trinajstić information content (AvgIpc) is 2.36. The summed E-state index contributed by atoms with van der Waals surface area (Å²) >= 11 is 0. The zero-order chi connectivity index (χ0) is 17.1. The molecule has 0 aliphatic heterocycles. The molecule has 1 atom stereocenters. The second-order valence-corrected chi connectivity index (χ2v) is 5.66. The van der Waals surface area contributed by atoms with Gasteiger partial charge < -0.3 is 14.9 Å². The lowest BCUT2D eigenvalue weighted by Crippen LogP contribution is -2.24. The van der Waals surface area contributed by atoms with E-state index in [4.69, 9.17) is 9.84 Å². The van der Waals surface area contributed by atoms with Gasteiger partial charge in [0.05, 0.1) is 10.5 Å². The van der Waals surface area contributed by atoms with Crippen LogP contribution < -0.4 is 0 Å². The molecule has 0 spiro atoms. The van der Waals surface area contributed by atoms with Gasteiger partial charge in [0, 0.05) is 18.1 Å². The van der Waals surface area contributed by atoms with Crippen LogP contribution in [0.3, 0.4) is 0 Å². The Kier molecular flexibility index (Phi) is 5.21. The van der Waals surface area contributed by atoms with Gasteiger partial charge in [0.2, 0.25) is 0 Å². The Bertz CT molecular complexity index is 604. The summed E-state index contributed by atoms with van der Waals surface area (Å²) in [5.74, 6) is -2.20. The van der Waals surface area contributed by atoms with E-state index < -0.39 is 40.7 Å². The van der Waals surface area contributed by atoms with Gasteiger partial charge in [-0.05, 0) is 26.8 Å². The molecule has 0 heterocycles. The second-order valence-electron chi connectivity index (χ2n) is 5.66. The van der Waals surface area contributed by atoms with Gasteiger partial charge in [0.25, 0.3) is 5.69 Å². The maximum atomic E-state index is 11.9. The minimum absolute atomic E-state index is 0.0183. The van der Waals surface area contributed by atoms with Gasteiger partial charge in [0.1, 0.15) is 5.60 Å². The third kappa shape index (κ3) is 4.81. The van der Waals surface area contributed by atoms with Crippen molar-refractivity contribution in [3.8, 4) is 0 Å². The van der Waals surface area contributed by atoms with Gasteiger partial charge in [-0.2, -0.15) is 0 Å². The van der Waals surface area contributed by atoms with Crippen molar-refractivity contribution in [3.05, 3.63) is 39.4 Å². The van der Waals surface area contributed by atoms with E-state index >= 15 is 0 Å². The van der Waals surface area contributed by atoms with E-state index in [1.807, 2.05) is 0 Å². The van der Waals surface area contributed by atoms with Crippen molar-refractivity contribution < 1.29 is 29.5 Å². The Morgan fingerprint density at radius 3 is 2.41 bits per heavy atom. The average molecular weight is 311 g/mol. The van der Waals surface area contributed by atoms with E-state index in [9.17, 15) is 24.8 Å².